The SMILES string of the molecule is Nc1c(N=Nc2ccc3c(O)c(N=Nc4[c-]cc(N=Nc5ccc(S(=O)(=O)[O-])cc5)cc4)c(S(=O)(=O)[O-])cc3c2S(=O)(=O)[O-])cc(S(=O)(=O)[O-])c2c[c-]c(N=Nc3ccc([N+](=O)[O-])cc3S(=O)(=O)[O-])c(O)c12.[Na+].[Na+].[Na+].[Na+].[Na+].[Na+].[Na+]. The van der Waals surface area contributed by atoms with Crippen LogP contribution in [0.3, 0.4) is 0 Å². The molecular weight excluding hydrogens is 1220 g/mol. The molecule has 0 unspecified atom stereocenters. The van der Waals surface area contributed by atoms with Gasteiger partial charge in [-0.25, -0.2) is 47.2 Å². The van der Waals surface area contributed by atoms with Gasteiger partial charge in [-0.05, 0) is 66.0 Å². The minimum absolute atomic E-state index is 0. The molecule has 0 aliphatic carbocycles. The largest absolute Gasteiger partial charge is 1.00 e. The van der Waals surface area contributed by atoms with Gasteiger partial charge in [0, 0.05) is 44.9 Å². The first-order chi connectivity index (χ1) is 33.4. The first-order valence-corrected chi connectivity index (χ1v) is 25.7. The van der Waals surface area contributed by atoms with Crippen LogP contribution in [0.25, 0.3) is 21.5 Å². The van der Waals surface area contributed by atoms with Crippen molar-refractivity contribution in [2.45, 2.75) is 24.5 Å². The summed E-state index contributed by atoms with van der Waals surface area (Å²) in [7, 11) is -27.3. The minimum Gasteiger partial charge on any atom is -0.745 e. The molecule has 0 saturated carbocycles. The number of nitrogen functional groups attached to an aromatic ring is 1. The Hall–Kier alpha value is -1.19. The fraction of sp³-hybridized carbons (Fsp3) is 0. The Bertz CT molecular complexity index is 4210. The van der Waals surface area contributed by atoms with E-state index in [1.165, 1.54) is 30.3 Å². The van der Waals surface area contributed by atoms with E-state index in [9.17, 15) is 85.2 Å². The Morgan fingerprint density at radius 1 is 0.468 bits per heavy atom. The summed E-state index contributed by atoms with van der Waals surface area (Å²) >= 11 is 0. The normalized spacial score (nSPS) is 12.0. The number of nitrogens with two attached hydrogens (primary N) is 1. The summed E-state index contributed by atoms with van der Waals surface area (Å²) in [5.41, 5.74) is 0.332. The van der Waals surface area contributed by atoms with Gasteiger partial charge in [0.05, 0.1) is 30.2 Å². The zero-order valence-corrected chi connectivity index (χ0v) is 59.7. The van der Waals surface area contributed by atoms with E-state index < -0.39 is 153 Å². The van der Waals surface area contributed by atoms with Gasteiger partial charge in [-0.2, -0.15) is 38.7 Å². The number of rotatable bonds is 14. The number of benzene rings is 7. The van der Waals surface area contributed by atoms with Crippen molar-refractivity contribution in [3.63, 3.8) is 0 Å². The van der Waals surface area contributed by atoms with Gasteiger partial charge in [-0.15, -0.1) is 38.9 Å². The number of hydrogen-bond acceptors (Lipinski definition) is 28. The molecule has 0 aromatic heterocycles. The molecule has 7 aromatic carbocycles. The van der Waals surface area contributed by atoms with Gasteiger partial charge in [-0.1, -0.05) is 5.39 Å². The molecule has 7 rings (SSSR count). The molecule has 0 atom stereocenters. The van der Waals surface area contributed by atoms with Gasteiger partial charge in [-0.3, -0.25) is 10.1 Å². The first-order valence-electron chi connectivity index (χ1n) is 18.6. The Labute approximate surface area is 601 Å². The van der Waals surface area contributed by atoms with Crippen molar-refractivity contribution in [3.05, 3.63) is 113 Å². The summed E-state index contributed by atoms with van der Waals surface area (Å²) in [6, 6.07) is 18.0. The third-order valence-corrected chi connectivity index (χ3v) is 13.9. The molecule has 0 aliphatic rings. The molecule has 0 bridgehead atoms. The van der Waals surface area contributed by atoms with Crippen molar-refractivity contribution >= 4 is 129 Å². The number of nitro benzene ring substituents is 1. The molecule has 0 aliphatic heterocycles. The maximum atomic E-state index is 12.8. The summed E-state index contributed by atoms with van der Waals surface area (Å²) in [5.74, 6) is -2.34. The fourth-order valence-electron chi connectivity index (χ4n) is 6.32. The maximum absolute atomic E-state index is 12.8. The van der Waals surface area contributed by atoms with Crippen LogP contribution in [0.1, 0.15) is 0 Å². The Morgan fingerprint density at radius 3 is 1.54 bits per heavy atom. The average molecular weight is 1240 g/mol. The van der Waals surface area contributed by atoms with Crippen LogP contribution in [0.5, 0.6) is 11.5 Å². The van der Waals surface area contributed by atoms with Crippen molar-refractivity contribution in [2.75, 3.05) is 5.73 Å². The second-order valence-corrected chi connectivity index (χ2v) is 20.8. The number of nitrogens with zero attached hydrogens (tertiary/aromatic N) is 9. The number of nitro groups is 1. The number of phenolic OH excluding ortho intramolecular Hbond substituents is 2. The van der Waals surface area contributed by atoms with Crippen molar-refractivity contribution in [2.24, 2.45) is 40.9 Å². The van der Waals surface area contributed by atoms with Crippen LogP contribution < -0.4 is 213 Å². The molecule has 41 heteroatoms. The summed E-state index contributed by atoms with van der Waals surface area (Å²) in [6.07, 6.45) is 0. The second kappa shape index (κ2) is 30.8. The van der Waals surface area contributed by atoms with Crippen LogP contribution in [-0.4, -0.2) is 80.0 Å². The predicted octanol–water partition coefficient (Wildman–Crippen LogP) is -14.3. The number of phenols is 2. The Morgan fingerprint density at radius 2 is 1.01 bits per heavy atom. The number of hydrogen-bond donors (Lipinski definition) is 3. The predicted molar refractivity (Wildman–Crippen MR) is 236 cm³/mol. The number of anilines is 1. The maximum Gasteiger partial charge on any atom is 1.00 e. The standard InChI is InChI=1S/C38H24N10O19S5.7Na/c39-34-29(17-30(69(56,57)58)24-11-13-27(37(50)33(24)34)44-43-26-12-7-21(48(51)52)15-31(26)70(59,60)61)46-45-28-14-10-23-25(38(28)72(65,66)67)16-32(71(62,63)64)35(36(23)49)47-42-19-3-1-18(2-4-19)40-41-20-5-8-22(9-6-20)68(53,54)55;;;;;;;/h1-3,5-12,14-17,49-50H,39H2,(H,53,54,55)(H,56,57,58)(H,59,60,61)(H,62,63,64)(H,65,66,67);;;;;;;/q-2;7*+1/p-5. The van der Waals surface area contributed by atoms with Gasteiger partial charge in [0.1, 0.15) is 73.3 Å². The molecule has 4 N–H and O–H groups in total. The van der Waals surface area contributed by atoms with Gasteiger partial charge in [0.2, 0.25) is 0 Å². The molecule has 7 aromatic rings. The van der Waals surface area contributed by atoms with Crippen molar-refractivity contribution in [1.82, 2.24) is 0 Å². The summed E-state index contributed by atoms with van der Waals surface area (Å²) in [6.45, 7) is 0. The minimum atomic E-state index is -5.84. The summed E-state index contributed by atoms with van der Waals surface area (Å²) in [5, 5.41) is 60.1. The molecule has 29 nitrogen and oxygen atoms in total. The van der Waals surface area contributed by atoms with Gasteiger partial charge < -0.3 is 38.7 Å². The van der Waals surface area contributed by atoms with Gasteiger partial charge >= 0.3 is 207 Å². The molecule has 0 spiro atoms. The number of aromatic hydroxyl groups is 2. The van der Waals surface area contributed by atoms with Crippen LogP contribution in [-0.2, 0) is 50.6 Å². The molecular formula is C38H19N10Na7O19S5. The monoisotopic (exact) mass is 1240 g/mol. The number of non-ortho nitro benzene ring substituents is 1. The zero-order valence-electron chi connectivity index (χ0n) is 41.6. The summed E-state index contributed by atoms with van der Waals surface area (Å²) in [4.78, 5) is 4.41. The fourth-order valence-corrected chi connectivity index (χ4v) is 9.55. The average Bonchev–Trinajstić information content (AvgIpc) is 3.28. The first kappa shape index (κ1) is 77.8. The second-order valence-electron chi connectivity index (χ2n) is 14.1. The van der Waals surface area contributed by atoms with Crippen molar-refractivity contribution < 1.29 is 287 Å². The molecule has 0 fully saturated rings. The van der Waals surface area contributed by atoms with Crippen molar-refractivity contribution in [1.29, 1.82) is 0 Å². The van der Waals surface area contributed by atoms with Gasteiger partial charge in [0.25, 0.3) is 5.69 Å². The smallest absolute Gasteiger partial charge is 0.745 e. The molecule has 79 heavy (non-hydrogen) atoms. The molecule has 0 amide bonds. The topological polar surface area (TPSA) is 494 Å². The number of fused-ring (bicyclic) bond motifs is 2. The van der Waals surface area contributed by atoms with Gasteiger partial charge in [0.15, 0.2) is 5.75 Å². The molecule has 0 heterocycles. The Balaban J connectivity index is 0.00000869. The van der Waals surface area contributed by atoms with E-state index >= 15 is 0 Å². The molecule has 0 saturated heterocycles. The van der Waals surface area contributed by atoms with E-state index in [4.69, 9.17) is 5.73 Å². The van der Waals surface area contributed by atoms with E-state index in [-0.39, 0.29) is 224 Å². The van der Waals surface area contributed by atoms with Crippen LogP contribution in [0.15, 0.2) is 156 Å². The quantitative estimate of drug-likeness (QED) is 0.0173. The van der Waals surface area contributed by atoms with E-state index in [2.05, 4.69) is 53.0 Å². The Kier molecular flexibility index (Phi) is 30.3. The molecule has 372 valence electrons. The van der Waals surface area contributed by atoms with Crippen LogP contribution in [0.4, 0.5) is 56.9 Å². The van der Waals surface area contributed by atoms with Crippen LogP contribution in [0, 0.1) is 22.2 Å². The summed E-state index contributed by atoms with van der Waals surface area (Å²) < 4.78 is 182. The number of azo groups is 4. The van der Waals surface area contributed by atoms with E-state index in [0.717, 1.165) is 42.5 Å². The third kappa shape index (κ3) is 18.7. The van der Waals surface area contributed by atoms with Crippen LogP contribution in [0.2, 0.25) is 0 Å². The van der Waals surface area contributed by atoms with Crippen LogP contribution >= 0.6 is 0 Å². The van der Waals surface area contributed by atoms with E-state index in [1.807, 2.05) is 0 Å². The molecule has 0 radical (unpaired) electrons. The van der Waals surface area contributed by atoms with E-state index in [1.54, 1.807) is 0 Å². The van der Waals surface area contributed by atoms with Crippen molar-refractivity contribution in [3.8, 4) is 11.5 Å². The third-order valence-electron chi connectivity index (χ3n) is 9.51. The van der Waals surface area contributed by atoms with E-state index in [0.29, 0.717) is 18.2 Å². The zero-order chi connectivity index (χ0) is 52.9.